The van der Waals surface area contributed by atoms with E-state index in [2.05, 4.69) is 40.7 Å². The summed E-state index contributed by atoms with van der Waals surface area (Å²) in [5, 5.41) is 0. The molecule has 0 saturated carbocycles. The van der Waals surface area contributed by atoms with Gasteiger partial charge in [0.15, 0.2) is 0 Å². The molecule has 13 heavy (non-hydrogen) atoms. The minimum Gasteiger partial charge on any atom is -0.327 e. The Morgan fingerprint density at radius 3 is 2.31 bits per heavy atom. The van der Waals surface area contributed by atoms with Crippen LogP contribution in [0.25, 0.3) is 0 Å². The number of nitrogens with two attached hydrogens (primary N) is 1. The highest BCUT2D eigenvalue weighted by atomic mass is 14.7. The van der Waals surface area contributed by atoms with E-state index in [1.807, 2.05) is 0 Å². The first-order valence-corrected chi connectivity index (χ1v) is 5.29. The molecule has 0 spiro atoms. The predicted octanol–water partition coefficient (Wildman–Crippen LogP) is 3.50. The number of allylic oxidation sites excluding steroid dienone is 2. The van der Waals surface area contributed by atoms with Crippen LogP contribution in [0.4, 0.5) is 0 Å². The highest BCUT2D eigenvalue weighted by Gasteiger charge is 2.23. The zero-order chi connectivity index (χ0) is 10.5. The molecule has 0 aromatic carbocycles. The van der Waals surface area contributed by atoms with Crippen LogP contribution in [0.5, 0.6) is 0 Å². The summed E-state index contributed by atoms with van der Waals surface area (Å²) in [7, 11) is 0. The first-order valence-electron chi connectivity index (χ1n) is 5.29. The molecule has 1 nitrogen and oxygen atoms in total. The zero-order valence-electron chi connectivity index (χ0n) is 9.85. The molecule has 0 aliphatic heterocycles. The lowest BCUT2D eigenvalue weighted by molar-refractivity contribution is 0.259. The maximum atomic E-state index is 6.05. The van der Waals surface area contributed by atoms with Gasteiger partial charge in [-0.05, 0) is 38.5 Å². The van der Waals surface area contributed by atoms with Gasteiger partial charge in [0.2, 0.25) is 0 Å². The molecule has 1 heteroatoms. The summed E-state index contributed by atoms with van der Waals surface area (Å²) in [6.45, 7) is 11.0. The highest BCUT2D eigenvalue weighted by Crippen LogP contribution is 2.27. The Morgan fingerprint density at radius 1 is 1.38 bits per heavy atom. The normalized spacial score (nSPS) is 14.0. The maximum absolute atomic E-state index is 6.05. The minimum absolute atomic E-state index is 0.278. The van der Waals surface area contributed by atoms with Crippen molar-refractivity contribution in [1.29, 1.82) is 0 Å². The molecule has 0 bridgehead atoms. The first kappa shape index (κ1) is 12.7. The van der Waals surface area contributed by atoms with Gasteiger partial charge in [0, 0.05) is 6.04 Å². The summed E-state index contributed by atoms with van der Waals surface area (Å²) in [4.78, 5) is 0. The van der Waals surface area contributed by atoms with E-state index in [4.69, 9.17) is 5.73 Å². The molecule has 0 heterocycles. The van der Waals surface area contributed by atoms with Crippen molar-refractivity contribution >= 4 is 0 Å². The average molecular weight is 183 g/mol. The zero-order valence-corrected chi connectivity index (χ0v) is 9.85. The molecule has 0 aromatic heterocycles. The summed E-state index contributed by atoms with van der Waals surface area (Å²) in [5.74, 6) is 0. The monoisotopic (exact) mass is 183 g/mol. The Kier molecular flexibility index (Phi) is 5.31. The van der Waals surface area contributed by atoms with Crippen LogP contribution in [-0.2, 0) is 0 Å². The first-order chi connectivity index (χ1) is 5.90. The van der Waals surface area contributed by atoms with Crippen LogP contribution >= 0.6 is 0 Å². The van der Waals surface area contributed by atoms with Gasteiger partial charge in [-0.15, -0.1) is 0 Å². The number of hydrogen-bond donors (Lipinski definition) is 1. The van der Waals surface area contributed by atoms with Crippen molar-refractivity contribution in [2.75, 3.05) is 0 Å². The lowest BCUT2D eigenvalue weighted by Crippen LogP contribution is -2.36. The van der Waals surface area contributed by atoms with Gasteiger partial charge < -0.3 is 5.73 Å². The quantitative estimate of drug-likeness (QED) is 0.649. The van der Waals surface area contributed by atoms with Gasteiger partial charge in [-0.3, -0.25) is 0 Å². The van der Waals surface area contributed by atoms with Crippen LogP contribution in [0, 0.1) is 5.41 Å². The molecular formula is C12H25N. The van der Waals surface area contributed by atoms with Gasteiger partial charge in [0.05, 0.1) is 0 Å². The summed E-state index contributed by atoms with van der Waals surface area (Å²) in [5.41, 5.74) is 7.73. The standard InChI is InChI=1S/C12H25N/c1-6-11(13)12(4,5)9-7-8-10(2)3/h8,11H,6-7,9,13H2,1-5H3/t11-/m1/s1. The number of hydrogen-bond acceptors (Lipinski definition) is 1. The summed E-state index contributed by atoms with van der Waals surface area (Å²) in [6, 6.07) is 0.332. The summed E-state index contributed by atoms with van der Waals surface area (Å²) < 4.78 is 0. The van der Waals surface area contributed by atoms with Crippen molar-refractivity contribution in [3.8, 4) is 0 Å². The third-order valence-electron chi connectivity index (χ3n) is 2.78. The predicted molar refractivity (Wildman–Crippen MR) is 60.7 cm³/mol. The molecule has 1 atom stereocenters. The molecule has 0 fully saturated rings. The highest BCUT2D eigenvalue weighted by molar-refractivity contribution is 4.94. The fraction of sp³-hybridized carbons (Fsp3) is 0.833. The number of rotatable bonds is 5. The Bertz CT molecular complexity index is 164. The van der Waals surface area contributed by atoms with Crippen molar-refractivity contribution in [3.63, 3.8) is 0 Å². The molecular weight excluding hydrogens is 158 g/mol. The average Bonchev–Trinajstić information content (AvgIpc) is 2.01. The van der Waals surface area contributed by atoms with E-state index in [9.17, 15) is 0 Å². The Balaban J connectivity index is 3.96. The molecule has 0 radical (unpaired) electrons. The van der Waals surface area contributed by atoms with Gasteiger partial charge in [-0.1, -0.05) is 32.4 Å². The molecule has 78 valence electrons. The van der Waals surface area contributed by atoms with Crippen LogP contribution in [-0.4, -0.2) is 6.04 Å². The summed E-state index contributed by atoms with van der Waals surface area (Å²) in [6.07, 6.45) is 5.71. The second-order valence-corrected chi connectivity index (χ2v) is 4.82. The van der Waals surface area contributed by atoms with Gasteiger partial charge >= 0.3 is 0 Å². The van der Waals surface area contributed by atoms with Crippen LogP contribution in [0.1, 0.15) is 53.9 Å². The molecule has 0 aromatic rings. The van der Waals surface area contributed by atoms with Crippen molar-refractivity contribution in [3.05, 3.63) is 11.6 Å². The van der Waals surface area contributed by atoms with E-state index in [0.717, 1.165) is 12.8 Å². The smallest absolute Gasteiger partial charge is 0.00877 e. The minimum atomic E-state index is 0.278. The lowest BCUT2D eigenvalue weighted by atomic mass is 9.79. The van der Waals surface area contributed by atoms with Crippen molar-refractivity contribution in [2.24, 2.45) is 11.1 Å². The molecule has 0 aliphatic rings. The van der Waals surface area contributed by atoms with Crippen LogP contribution < -0.4 is 5.73 Å². The molecule has 0 saturated heterocycles. The van der Waals surface area contributed by atoms with Crippen LogP contribution in [0.15, 0.2) is 11.6 Å². The van der Waals surface area contributed by atoms with Crippen molar-refractivity contribution in [2.45, 2.75) is 59.9 Å². The van der Waals surface area contributed by atoms with Crippen molar-refractivity contribution < 1.29 is 0 Å². The van der Waals surface area contributed by atoms with Crippen LogP contribution in [0.3, 0.4) is 0 Å². The van der Waals surface area contributed by atoms with E-state index in [0.29, 0.717) is 6.04 Å². The fourth-order valence-electron chi connectivity index (χ4n) is 1.47. The maximum Gasteiger partial charge on any atom is 0.00877 e. The fourth-order valence-corrected chi connectivity index (χ4v) is 1.47. The molecule has 2 N–H and O–H groups in total. The van der Waals surface area contributed by atoms with Crippen molar-refractivity contribution in [1.82, 2.24) is 0 Å². The van der Waals surface area contributed by atoms with Gasteiger partial charge in [-0.25, -0.2) is 0 Å². The second-order valence-electron chi connectivity index (χ2n) is 4.82. The molecule has 0 rings (SSSR count). The van der Waals surface area contributed by atoms with E-state index < -0.39 is 0 Å². The third-order valence-corrected chi connectivity index (χ3v) is 2.78. The van der Waals surface area contributed by atoms with E-state index in [-0.39, 0.29) is 5.41 Å². The summed E-state index contributed by atoms with van der Waals surface area (Å²) >= 11 is 0. The SMILES string of the molecule is CC[C@@H](N)C(C)(C)CCC=C(C)C. The van der Waals surface area contributed by atoms with Gasteiger partial charge in [0.25, 0.3) is 0 Å². The topological polar surface area (TPSA) is 26.0 Å². The Labute approximate surface area is 83.4 Å². The largest absolute Gasteiger partial charge is 0.327 e. The van der Waals surface area contributed by atoms with Crippen LogP contribution in [0.2, 0.25) is 0 Å². The van der Waals surface area contributed by atoms with E-state index in [1.165, 1.54) is 12.0 Å². The molecule has 0 amide bonds. The lowest BCUT2D eigenvalue weighted by Gasteiger charge is -2.30. The molecule has 0 unspecified atom stereocenters. The Morgan fingerprint density at radius 2 is 1.92 bits per heavy atom. The van der Waals surface area contributed by atoms with E-state index in [1.54, 1.807) is 0 Å². The molecule has 0 aliphatic carbocycles. The third kappa shape index (κ3) is 5.09. The Hall–Kier alpha value is -0.300. The van der Waals surface area contributed by atoms with Gasteiger partial charge in [-0.2, -0.15) is 0 Å². The van der Waals surface area contributed by atoms with Gasteiger partial charge in [0.1, 0.15) is 0 Å². The van der Waals surface area contributed by atoms with E-state index >= 15 is 0 Å². The second kappa shape index (κ2) is 5.43.